The summed E-state index contributed by atoms with van der Waals surface area (Å²) < 4.78 is 43.4. The van der Waals surface area contributed by atoms with Gasteiger partial charge in [0.15, 0.2) is 11.5 Å². The third kappa shape index (κ3) is 5.06. The summed E-state index contributed by atoms with van der Waals surface area (Å²) in [5.74, 6) is 0.486. The van der Waals surface area contributed by atoms with Gasteiger partial charge < -0.3 is 19.5 Å². The maximum Gasteiger partial charge on any atom is 0.246 e. The van der Waals surface area contributed by atoms with Gasteiger partial charge >= 0.3 is 0 Å². The maximum absolute atomic E-state index is 13.2. The Balaban J connectivity index is 1.77. The van der Waals surface area contributed by atoms with Crippen molar-refractivity contribution in [2.24, 2.45) is 5.92 Å². The van der Waals surface area contributed by atoms with Crippen LogP contribution in [0.25, 0.3) is 0 Å². The Morgan fingerprint density at radius 1 is 1.03 bits per heavy atom. The number of carbonyl (C=O) groups excluding carboxylic acids is 1. The lowest BCUT2D eigenvalue weighted by molar-refractivity contribution is -0.120. The minimum Gasteiger partial charge on any atom is -0.495 e. The molecule has 1 aliphatic rings. The molecular formula is C21H25ClN2O6S. The molecule has 1 amide bonds. The third-order valence-corrected chi connectivity index (χ3v) is 7.27. The van der Waals surface area contributed by atoms with Crippen LogP contribution in [0.2, 0.25) is 5.02 Å². The highest BCUT2D eigenvalue weighted by molar-refractivity contribution is 7.89. The highest BCUT2D eigenvalue weighted by Gasteiger charge is 2.35. The second-order valence-electron chi connectivity index (χ2n) is 7.06. The van der Waals surface area contributed by atoms with E-state index in [0.717, 1.165) is 0 Å². The van der Waals surface area contributed by atoms with E-state index in [0.29, 0.717) is 41.6 Å². The number of nitrogens with zero attached hydrogens (tertiary/aromatic N) is 1. The molecule has 8 nitrogen and oxygen atoms in total. The molecule has 0 spiro atoms. The van der Waals surface area contributed by atoms with Crippen molar-refractivity contribution in [3.8, 4) is 17.2 Å². The Labute approximate surface area is 187 Å². The quantitative estimate of drug-likeness (QED) is 0.669. The molecule has 10 heteroatoms. The number of methoxy groups -OCH3 is 3. The zero-order valence-electron chi connectivity index (χ0n) is 17.6. The molecule has 0 saturated carbocycles. The smallest absolute Gasteiger partial charge is 0.246 e. The molecule has 0 radical (unpaired) electrons. The van der Waals surface area contributed by atoms with Crippen LogP contribution in [0.1, 0.15) is 12.8 Å². The van der Waals surface area contributed by atoms with Gasteiger partial charge in [-0.05, 0) is 43.2 Å². The minimum atomic E-state index is -3.88. The zero-order valence-corrected chi connectivity index (χ0v) is 19.1. The average Bonchev–Trinajstić information content (AvgIpc) is 2.79. The zero-order chi connectivity index (χ0) is 22.6. The lowest BCUT2D eigenvalue weighted by Crippen LogP contribution is -2.43. The molecule has 1 heterocycles. The van der Waals surface area contributed by atoms with Crippen molar-refractivity contribution in [1.82, 2.24) is 4.31 Å². The van der Waals surface area contributed by atoms with E-state index in [4.69, 9.17) is 25.8 Å². The Morgan fingerprint density at radius 2 is 1.71 bits per heavy atom. The molecule has 1 fully saturated rings. The van der Waals surface area contributed by atoms with Gasteiger partial charge in [-0.25, -0.2) is 8.42 Å². The number of rotatable bonds is 7. The molecule has 1 saturated heterocycles. The van der Waals surface area contributed by atoms with Gasteiger partial charge in [0.2, 0.25) is 15.9 Å². The lowest BCUT2D eigenvalue weighted by atomic mass is 9.98. The fourth-order valence-electron chi connectivity index (χ4n) is 3.52. The molecule has 168 valence electrons. The monoisotopic (exact) mass is 468 g/mol. The van der Waals surface area contributed by atoms with E-state index in [2.05, 4.69) is 5.32 Å². The fraction of sp³-hybridized carbons (Fsp3) is 0.381. The van der Waals surface area contributed by atoms with Crippen LogP contribution in [0, 0.1) is 5.92 Å². The van der Waals surface area contributed by atoms with Gasteiger partial charge in [0.25, 0.3) is 0 Å². The molecule has 1 N–H and O–H groups in total. The summed E-state index contributed by atoms with van der Waals surface area (Å²) in [6.07, 6.45) is 1.14. The number of carbonyl (C=O) groups is 1. The van der Waals surface area contributed by atoms with Gasteiger partial charge in [-0.2, -0.15) is 4.31 Å². The topological polar surface area (TPSA) is 94.2 Å². The van der Waals surface area contributed by atoms with E-state index >= 15 is 0 Å². The number of halogens is 1. The second kappa shape index (κ2) is 9.76. The number of amides is 1. The number of ether oxygens (including phenoxy) is 3. The Morgan fingerprint density at radius 3 is 2.39 bits per heavy atom. The van der Waals surface area contributed by atoms with Crippen molar-refractivity contribution >= 4 is 33.2 Å². The number of sulfonamides is 1. The van der Waals surface area contributed by atoms with Gasteiger partial charge in [0.05, 0.1) is 27.2 Å². The van der Waals surface area contributed by atoms with Crippen LogP contribution in [0.5, 0.6) is 17.2 Å². The van der Waals surface area contributed by atoms with Crippen molar-refractivity contribution < 1.29 is 27.4 Å². The van der Waals surface area contributed by atoms with Crippen LogP contribution in [0.4, 0.5) is 5.69 Å². The molecule has 0 aromatic heterocycles. The summed E-state index contributed by atoms with van der Waals surface area (Å²) >= 11 is 6.01. The number of hydrogen-bond acceptors (Lipinski definition) is 6. The first-order valence-electron chi connectivity index (χ1n) is 9.66. The highest BCUT2D eigenvalue weighted by Crippen LogP contribution is 2.33. The van der Waals surface area contributed by atoms with Crippen molar-refractivity contribution in [1.29, 1.82) is 0 Å². The summed E-state index contributed by atoms with van der Waals surface area (Å²) in [6.45, 7) is 0.384. The predicted octanol–water partition coefficient (Wildman–Crippen LogP) is 3.41. The molecule has 2 aromatic rings. The average molecular weight is 469 g/mol. The van der Waals surface area contributed by atoms with Crippen LogP contribution in [-0.4, -0.2) is 53.0 Å². The van der Waals surface area contributed by atoms with E-state index < -0.39 is 15.9 Å². The van der Waals surface area contributed by atoms with E-state index in [1.807, 2.05) is 0 Å². The van der Waals surface area contributed by atoms with Crippen molar-refractivity contribution in [2.75, 3.05) is 39.7 Å². The number of benzene rings is 2. The van der Waals surface area contributed by atoms with Crippen molar-refractivity contribution in [3.05, 3.63) is 41.4 Å². The molecular weight excluding hydrogens is 444 g/mol. The molecule has 0 bridgehead atoms. The van der Waals surface area contributed by atoms with Gasteiger partial charge in [-0.15, -0.1) is 0 Å². The number of piperidine rings is 1. The molecule has 31 heavy (non-hydrogen) atoms. The summed E-state index contributed by atoms with van der Waals surface area (Å²) in [5.41, 5.74) is 0.541. The van der Waals surface area contributed by atoms with E-state index in [1.54, 1.807) is 24.3 Å². The number of hydrogen-bond donors (Lipinski definition) is 1. The highest BCUT2D eigenvalue weighted by atomic mass is 35.5. The first-order valence-corrected chi connectivity index (χ1v) is 11.5. The SMILES string of the molecule is COc1ccc(NC(=O)[C@@H]2CCCN(S(=O)(=O)c3cc(Cl)ccc3OC)C2)cc1OC. The largest absolute Gasteiger partial charge is 0.495 e. The maximum atomic E-state index is 13.2. The van der Waals surface area contributed by atoms with Crippen LogP contribution >= 0.6 is 11.6 Å². The molecule has 0 aliphatic carbocycles. The summed E-state index contributed by atoms with van der Waals surface area (Å²) in [4.78, 5) is 12.8. The normalized spacial score (nSPS) is 17.1. The van der Waals surface area contributed by atoms with Crippen molar-refractivity contribution in [2.45, 2.75) is 17.7 Å². The first-order chi connectivity index (χ1) is 14.8. The minimum absolute atomic E-state index is 0.0107. The Bertz CT molecular complexity index is 1060. The Kier molecular flexibility index (Phi) is 7.30. The van der Waals surface area contributed by atoms with Gasteiger partial charge in [0.1, 0.15) is 10.6 Å². The summed E-state index contributed by atoms with van der Waals surface area (Å²) in [6, 6.07) is 9.49. The Hall–Kier alpha value is -2.49. The molecule has 2 aromatic carbocycles. The standard InChI is InChI=1S/C21H25ClN2O6S/c1-28-17-9-7-16(12-19(17)30-3)23-21(25)14-5-4-10-24(13-14)31(26,27)20-11-15(22)6-8-18(20)29-2/h6-9,11-12,14H,4-5,10,13H2,1-3H3,(H,23,25)/t14-/m1/s1. The van der Waals surface area contributed by atoms with Crippen LogP contribution in [0.15, 0.2) is 41.3 Å². The predicted molar refractivity (Wildman–Crippen MR) is 118 cm³/mol. The van der Waals surface area contributed by atoms with Crippen LogP contribution < -0.4 is 19.5 Å². The van der Waals surface area contributed by atoms with Gasteiger partial charge in [-0.3, -0.25) is 4.79 Å². The summed E-state index contributed by atoms with van der Waals surface area (Å²) in [5, 5.41) is 3.13. The fourth-order valence-corrected chi connectivity index (χ4v) is 5.47. The first kappa shape index (κ1) is 23.2. The lowest BCUT2D eigenvalue weighted by Gasteiger charge is -2.31. The van der Waals surface area contributed by atoms with E-state index in [-0.39, 0.29) is 23.1 Å². The van der Waals surface area contributed by atoms with Crippen LogP contribution in [-0.2, 0) is 14.8 Å². The molecule has 3 rings (SSSR count). The van der Waals surface area contributed by atoms with E-state index in [9.17, 15) is 13.2 Å². The van der Waals surface area contributed by atoms with Gasteiger partial charge in [0, 0.05) is 29.9 Å². The van der Waals surface area contributed by atoms with E-state index in [1.165, 1.54) is 37.8 Å². The molecule has 0 unspecified atom stereocenters. The third-order valence-electron chi connectivity index (χ3n) is 5.15. The number of nitrogens with one attached hydrogen (secondary N) is 1. The molecule has 1 aliphatic heterocycles. The van der Waals surface area contributed by atoms with Crippen LogP contribution in [0.3, 0.4) is 0 Å². The number of anilines is 1. The summed E-state index contributed by atoms with van der Waals surface area (Å²) in [7, 11) is 0.563. The van der Waals surface area contributed by atoms with Crippen molar-refractivity contribution in [3.63, 3.8) is 0 Å². The second-order valence-corrected chi connectivity index (χ2v) is 9.40. The van der Waals surface area contributed by atoms with Gasteiger partial charge in [-0.1, -0.05) is 11.6 Å². The molecule has 1 atom stereocenters.